The fourth-order valence-electron chi connectivity index (χ4n) is 1.76. The zero-order valence-corrected chi connectivity index (χ0v) is 9.30. The van der Waals surface area contributed by atoms with Crippen LogP contribution in [0.1, 0.15) is 53.4 Å². The van der Waals surface area contributed by atoms with Crippen LogP contribution in [0.2, 0.25) is 0 Å². The van der Waals surface area contributed by atoms with Gasteiger partial charge in [0, 0.05) is 0 Å². The smallest absolute Gasteiger partial charge is 0.293 e. The predicted octanol–water partition coefficient (Wildman–Crippen LogP) is 3.15. The lowest BCUT2D eigenvalue weighted by atomic mass is 9.83. The maximum absolute atomic E-state index is 10.3. The third kappa shape index (κ3) is 4.30. The van der Waals surface area contributed by atoms with E-state index in [1.165, 1.54) is 0 Å². The van der Waals surface area contributed by atoms with Crippen LogP contribution >= 0.6 is 0 Å². The average Bonchev–Trinajstić information content (AvgIpc) is 2.04. The molecule has 0 aromatic carbocycles. The van der Waals surface area contributed by atoms with Crippen molar-refractivity contribution in [2.45, 2.75) is 59.0 Å². The summed E-state index contributed by atoms with van der Waals surface area (Å²) in [5.74, 6) is 0.493. The molecule has 0 bridgehead atoms. The molecule has 13 heavy (non-hydrogen) atoms. The van der Waals surface area contributed by atoms with E-state index < -0.39 is 0 Å². The highest BCUT2D eigenvalue weighted by Crippen LogP contribution is 2.28. The van der Waals surface area contributed by atoms with Crippen LogP contribution in [-0.2, 0) is 9.53 Å². The maximum Gasteiger partial charge on any atom is 0.293 e. The summed E-state index contributed by atoms with van der Waals surface area (Å²) in [5, 5.41) is 0. The normalized spacial score (nSPS) is 11.8. The summed E-state index contributed by atoms with van der Waals surface area (Å²) < 4.78 is 5.12. The Labute approximate surface area is 81.7 Å². The molecule has 0 aliphatic heterocycles. The van der Waals surface area contributed by atoms with E-state index in [0.717, 1.165) is 25.7 Å². The van der Waals surface area contributed by atoms with Crippen molar-refractivity contribution in [1.82, 2.24) is 0 Å². The second-order valence-corrected chi connectivity index (χ2v) is 4.09. The molecule has 0 spiro atoms. The largest absolute Gasteiger partial charge is 0.462 e. The lowest BCUT2D eigenvalue weighted by Crippen LogP contribution is -2.34. The van der Waals surface area contributed by atoms with Crippen LogP contribution in [0.3, 0.4) is 0 Å². The quantitative estimate of drug-likeness (QED) is 0.571. The predicted molar refractivity (Wildman–Crippen MR) is 54.5 cm³/mol. The standard InChI is InChI=1S/C11H22O2/c1-5-7-10(8-6-2)11(3,4)13-9-12/h9-10H,5-8H2,1-4H3. The highest BCUT2D eigenvalue weighted by molar-refractivity contribution is 5.38. The first kappa shape index (κ1) is 12.5. The van der Waals surface area contributed by atoms with Crippen molar-refractivity contribution < 1.29 is 9.53 Å². The lowest BCUT2D eigenvalue weighted by molar-refractivity contribution is -0.146. The molecule has 0 rings (SSSR count). The Hall–Kier alpha value is -0.530. The number of rotatable bonds is 7. The summed E-state index contributed by atoms with van der Waals surface area (Å²) in [6, 6.07) is 0. The Balaban J connectivity index is 4.21. The molecule has 0 aromatic heterocycles. The van der Waals surface area contributed by atoms with Gasteiger partial charge in [-0.05, 0) is 32.6 Å². The van der Waals surface area contributed by atoms with E-state index in [0.29, 0.717) is 12.4 Å². The molecule has 0 aliphatic rings. The highest BCUT2D eigenvalue weighted by Gasteiger charge is 2.29. The van der Waals surface area contributed by atoms with Crippen molar-refractivity contribution >= 4 is 6.47 Å². The van der Waals surface area contributed by atoms with Gasteiger partial charge in [0.05, 0.1) is 0 Å². The SMILES string of the molecule is CCCC(CCC)C(C)(C)OC=O. The van der Waals surface area contributed by atoms with Gasteiger partial charge in [0.15, 0.2) is 0 Å². The Bertz CT molecular complexity index is 135. The minimum Gasteiger partial charge on any atom is -0.462 e. The topological polar surface area (TPSA) is 26.3 Å². The van der Waals surface area contributed by atoms with Crippen LogP contribution in [0, 0.1) is 5.92 Å². The number of hydrogen-bond donors (Lipinski definition) is 0. The molecular formula is C11H22O2. The van der Waals surface area contributed by atoms with E-state index in [1.54, 1.807) is 0 Å². The van der Waals surface area contributed by atoms with E-state index >= 15 is 0 Å². The molecule has 0 heterocycles. The number of carbonyl (C=O) groups excluding carboxylic acids is 1. The summed E-state index contributed by atoms with van der Waals surface area (Å²) in [6.45, 7) is 8.90. The molecule has 0 unspecified atom stereocenters. The molecule has 0 atom stereocenters. The molecular weight excluding hydrogens is 164 g/mol. The summed E-state index contributed by atoms with van der Waals surface area (Å²) in [6.07, 6.45) is 4.57. The van der Waals surface area contributed by atoms with Crippen LogP contribution in [0.15, 0.2) is 0 Å². The van der Waals surface area contributed by atoms with Gasteiger partial charge in [-0.25, -0.2) is 0 Å². The highest BCUT2D eigenvalue weighted by atomic mass is 16.5. The fraction of sp³-hybridized carbons (Fsp3) is 0.909. The van der Waals surface area contributed by atoms with Gasteiger partial charge in [-0.1, -0.05) is 26.7 Å². The zero-order chi connectivity index (χ0) is 10.3. The number of ether oxygens (including phenoxy) is 1. The first-order valence-corrected chi connectivity index (χ1v) is 5.19. The summed E-state index contributed by atoms with van der Waals surface area (Å²) in [7, 11) is 0. The second kappa shape index (κ2) is 6.01. The zero-order valence-electron chi connectivity index (χ0n) is 9.30. The van der Waals surface area contributed by atoms with E-state index in [1.807, 2.05) is 13.8 Å². The maximum atomic E-state index is 10.3. The Morgan fingerprint density at radius 3 is 2.00 bits per heavy atom. The van der Waals surface area contributed by atoms with Gasteiger partial charge in [0.2, 0.25) is 0 Å². The molecule has 0 aromatic rings. The monoisotopic (exact) mass is 186 g/mol. The second-order valence-electron chi connectivity index (χ2n) is 4.09. The van der Waals surface area contributed by atoms with Gasteiger partial charge in [-0.15, -0.1) is 0 Å². The van der Waals surface area contributed by atoms with Gasteiger partial charge in [-0.2, -0.15) is 0 Å². The van der Waals surface area contributed by atoms with E-state index in [-0.39, 0.29) is 5.60 Å². The number of hydrogen-bond acceptors (Lipinski definition) is 2. The Morgan fingerprint density at radius 2 is 1.69 bits per heavy atom. The summed E-state index contributed by atoms with van der Waals surface area (Å²) >= 11 is 0. The molecule has 0 saturated carbocycles. The molecule has 78 valence electrons. The van der Waals surface area contributed by atoms with Gasteiger partial charge >= 0.3 is 0 Å². The van der Waals surface area contributed by atoms with Crippen LogP contribution in [0.4, 0.5) is 0 Å². The Kier molecular flexibility index (Phi) is 5.76. The average molecular weight is 186 g/mol. The molecule has 2 nitrogen and oxygen atoms in total. The molecule has 0 fully saturated rings. The van der Waals surface area contributed by atoms with Crippen LogP contribution in [0.5, 0.6) is 0 Å². The van der Waals surface area contributed by atoms with Crippen LogP contribution in [0.25, 0.3) is 0 Å². The van der Waals surface area contributed by atoms with Crippen molar-refractivity contribution in [1.29, 1.82) is 0 Å². The van der Waals surface area contributed by atoms with Crippen molar-refractivity contribution in [2.75, 3.05) is 0 Å². The Morgan fingerprint density at radius 1 is 1.23 bits per heavy atom. The first-order chi connectivity index (χ1) is 6.08. The molecule has 0 N–H and O–H groups in total. The summed E-state index contributed by atoms with van der Waals surface area (Å²) in [5.41, 5.74) is -0.298. The minimum atomic E-state index is -0.298. The summed E-state index contributed by atoms with van der Waals surface area (Å²) in [4.78, 5) is 10.3. The molecule has 0 radical (unpaired) electrons. The van der Waals surface area contributed by atoms with Crippen molar-refractivity contribution in [3.05, 3.63) is 0 Å². The molecule has 0 saturated heterocycles. The van der Waals surface area contributed by atoms with E-state index in [4.69, 9.17) is 4.74 Å². The van der Waals surface area contributed by atoms with E-state index in [2.05, 4.69) is 13.8 Å². The molecule has 0 aliphatic carbocycles. The molecule has 2 heteroatoms. The van der Waals surface area contributed by atoms with Gasteiger partial charge < -0.3 is 4.74 Å². The van der Waals surface area contributed by atoms with Crippen LogP contribution in [-0.4, -0.2) is 12.1 Å². The van der Waals surface area contributed by atoms with Crippen molar-refractivity contribution in [2.24, 2.45) is 5.92 Å². The van der Waals surface area contributed by atoms with Gasteiger partial charge in [0.1, 0.15) is 5.60 Å². The lowest BCUT2D eigenvalue weighted by Gasteiger charge is -2.32. The third-order valence-electron chi connectivity index (χ3n) is 2.61. The van der Waals surface area contributed by atoms with Gasteiger partial charge in [-0.3, -0.25) is 4.79 Å². The van der Waals surface area contributed by atoms with Crippen molar-refractivity contribution in [3.8, 4) is 0 Å². The first-order valence-electron chi connectivity index (χ1n) is 5.19. The number of carbonyl (C=O) groups is 1. The minimum absolute atomic E-state index is 0.298. The van der Waals surface area contributed by atoms with E-state index in [9.17, 15) is 4.79 Å². The molecule has 0 amide bonds. The fourth-order valence-corrected chi connectivity index (χ4v) is 1.76. The van der Waals surface area contributed by atoms with Crippen LogP contribution < -0.4 is 0 Å². The van der Waals surface area contributed by atoms with Gasteiger partial charge in [0.25, 0.3) is 6.47 Å². The van der Waals surface area contributed by atoms with Crippen molar-refractivity contribution in [3.63, 3.8) is 0 Å². The third-order valence-corrected chi connectivity index (χ3v) is 2.61.